The molecule has 2 aromatic rings. The first-order valence-electron chi connectivity index (χ1n) is 13.3. The number of nitrogens with zero attached hydrogens (tertiary/aromatic N) is 4. The Bertz CT molecular complexity index is 1440. The van der Waals surface area contributed by atoms with Gasteiger partial charge in [0, 0.05) is 31.1 Å². The number of rotatable bonds is 6. The molecule has 5 rings (SSSR count). The first-order valence-corrected chi connectivity index (χ1v) is 14.1. The van der Waals surface area contributed by atoms with Crippen molar-refractivity contribution in [3.05, 3.63) is 76.5 Å². The average molecular weight is 583 g/mol. The number of hydrogen-bond donors (Lipinski definition) is 2. The molecule has 2 N–H and O–H groups in total. The Hall–Kier alpha value is -3.93. The molecule has 2 aliphatic heterocycles. The van der Waals surface area contributed by atoms with Crippen molar-refractivity contribution < 1.29 is 22.8 Å². The van der Waals surface area contributed by atoms with Crippen molar-refractivity contribution in [3.63, 3.8) is 0 Å². The minimum Gasteiger partial charge on any atom is -0.342 e. The Morgan fingerprint density at radius 2 is 1.85 bits per heavy atom. The number of carbonyl (C=O) groups is 2. The molecule has 0 spiro atoms. The van der Waals surface area contributed by atoms with Gasteiger partial charge in [0.2, 0.25) is 0 Å². The summed E-state index contributed by atoms with van der Waals surface area (Å²) < 4.78 is 40.3. The summed E-state index contributed by atoms with van der Waals surface area (Å²) in [6, 6.07) is 10.7. The lowest BCUT2D eigenvalue weighted by Crippen LogP contribution is -2.43. The summed E-state index contributed by atoms with van der Waals surface area (Å²) in [6.45, 7) is 0.926. The van der Waals surface area contributed by atoms with E-state index in [1.807, 2.05) is 24.2 Å². The second kappa shape index (κ2) is 12.3. The van der Waals surface area contributed by atoms with Crippen LogP contribution in [0.25, 0.3) is 11.3 Å². The minimum absolute atomic E-state index is 0.0566. The van der Waals surface area contributed by atoms with Gasteiger partial charge in [-0.05, 0) is 73.7 Å². The van der Waals surface area contributed by atoms with E-state index >= 15 is 0 Å². The van der Waals surface area contributed by atoms with E-state index in [0.29, 0.717) is 29.6 Å². The van der Waals surface area contributed by atoms with Crippen molar-refractivity contribution in [2.75, 3.05) is 13.6 Å². The molecule has 8 nitrogen and oxygen atoms in total. The number of pyridine rings is 1. The highest BCUT2D eigenvalue weighted by Gasteiger charge is 2.33. The molecule has 0 atom stereocenters. The van der Waals surface area contributed by atoms with E-state index in [2.05, 4.69) is 20.6 Å². The lowest BCUT2D eigenvalue weighted by Gasteiger charge is -2.30. The molecule has 1 aliphatic carbocycles. The van der Waals surface area contributed by atoms with E-state index in [1.54, 1.807) is 30.3 Å². The highest BCUT2D eigenvalue weighted by molar-refractivity contribution is 8.18. The summed E-state index contributed by atoms with van der Waals surface area (Å²) in [5, 5.41) is 5.15. The van der Waals surface area contributed by atoms with Crippen LogP contribution in [0.4, 0.5) is 18.0 Å². The van der Waals surface area contributed by atoms with Gasteiger partial charge < -0.3 is 10.2 Å². The summed E-state index contributed by atoms with van der Waals surface area (Å²) in [5.74, 6) is 0.632. The maximum absolute atomic E-state index is 13.4. The smallest absolute Gasteiger partial charge is 0.342 e. The first kappa shape index (κ1) is 28.6. The van der Waals surface area contributed by atoms with Crippen molar-refractivity contribution >= 4 is 35.1 Å². The molecule has 1 saturated carbocycles. The van der Waals surface area contributed by atoms with Crippen LogP contribution in [0.2, 0.25) is 0 Å². The van der Waals surface area contributed by atoms with Gasteiger partial charge >= 0.3 is 6.18 Å². The monoisotopic (exact) mass is 582 g/mol. The number of aliphatic imine (C=N–C) groups is 2. The number of nitrogens with one attached hydrogen (secondary N) is 2. The number of aromatic nitrogens is 1. The number of amides is 2. The van der Waals surface area contributed by atoms with E-state index in [4.69, 9.17) is 4.99 Å². The maximum atomic E-state index is 13.4. The number of halogens is 3. The molecule has 3 heterocycles. The van der Waals surface area contributed by atoms with Crippen LogP contribution in [0.1, 0.15) is 36.9 Å². The van der Waals surface area contributed by atoms with Gasteiger partial charge in [0.15, 0.2) is 5.96 Å². The van der Waals surface area contributed by atoms with E-state index < -0.39 is 17.6 Å². The number of hydrogen-bond acceptors (Lipinski definition) is 6. The SMILES string of the molecule is CN1CC=C(/C=C2\SC(=O)NC2=O)NC1=NC1CCC(C=NCc2cccc(-c3ccccc3C(F)(F)F)n2)CC1. The maximum Gasteiger partial charge on any atom is 0.417 e. The quantitative estimate of drug-likeness (QED) is 0.343. The molecule has 2 amide bonds. The standard InChI is InChI=1S/C29H29F3N6O2S/c1-38-14-13-20(15-25-26(39)37-28(40)41-25)36-27(38)35-19-11-9-18(10-12-19)16-33-17-21-5-4-8-24(34-21)22-6-2-3-7-23(22)29(30,31)32/h2-8,13,15-16,18-19H,9-12,14,17H2,1H3,(H,35,36)(H,37,39,40)/b25-15-,33-16?. The van der Waals surface area contributed by atoms with Crippen LogP contribution < -0.4 is 10.6 Å². The Balaban J connectivity index is 1.15. The van der Waals surface area contributed by atoms with Crippen molar-refractivity contribution in [3.8, 4) is 11.3 Å². The minimum atomic E-state index is -4.45. The van der Waals surface area contributed by atoms with Crippen LogP contribution in [-0.4, -0.2) is 52.8 Å². The summed E-state index contributed by atoms with van der Waals surface area (Å²) in [6.07, 6.45) is 4.72. The van der Waals surface area contributed by atoms with Crippen LogP contribution in [0, 0.1) is 5.92 Å². The van der Waals surface area contributed by atoms with Gasteiger partial charge in [0.1, 0.15) is 0 Å². The normalized spacial score (nSPS) is 23.7. The zero-order chi connectivity index (χ0) is 29.0. The molecular formula is C29H29F3N6O2S. The van der Waals surface area contributed by atoms with Gasteiger partial charge in [-0.25, -0.2) is 4.99 Å². The van der Waals surface area contributed by atoms with Crippen molar-refractivity contribution in [2.24, 2.45) is 15.9 Å². The van der Waals surface area contributed by atoms with Crippen molar-refractivity contribution in [2.45, 2.75) is 44.4 Å². The van der Waals surface area contributed by atoms with Crippen LogP contribution in [0.3, 0.4) is 0 Å². The Kier molecular flexibility index (Phi) is 8.57. The second-order valence-corrected chi connectivity index (χ2v) is 11.1. The molecule has 2 fully saturated rings. The fourth-order valence-corrected chi connectivity index (χ4v) is 5.58. The molecule has 214 valence electrons. The predicted octanol–water partition coefficient (Wildman–Crippen LogP) is 5.54. The van der Waals surface area contributed by atoms with Crippen molar-refractivity contribution in [1.82, 2.24) is 20.5 Å². The van der Waals surface area contributed by atoms with E-state index in [1.165, 1.54) is 12.1 Å². The first-order chi connectivity index (χ1) is 19.7. The van der Waals surface area contributed by atoms with Crippen LogP contribution in [-0.2, 0) is 17.5 Å². The third kappa shape index (κ3) is 7.24. The highest BCUT2D eigenvalue weighted by atomic mass is 32.2. The van der Waals surface area contributed by atoms with Gasteiger partial charge in [-0.15, -0.1) is 0 Å². The van der Waals surface area contributed by atoms with E-state index in [-0.39, 0.29) is 22.5 Å². The second-order valence-electron chi connectivity index (χ2n) is 10.1. The molecule has 1 saturated heterocycles. The zero-order valence-corrected chi connectivity index (χ0v) is 23.1. The molecule has 0 bridgehead atoms. The number of thioether (sulfide) groups is 1. The summed E-state index contributed by atoms with van der Waals surface area (Å²) in [7, 11) is 1.94. The Morgan fingerprint density at radius 1 is 1.07 bits per heavy atom. The fourth-order valence-electron chi connectivity index (χ4n) is 4.90. The summed E-state index contributed by atoms with van der Waals surface area (Å²) >= 11 is 0.881. The molecule has 41 heavy (non-hydrogen) atoms. The van der Waals surface area contributed by atoms with Crippen molar-refractivity contribution in [1.29, 1.82) is 0 Å². The molecule has 12 heteroatoms. The van der Waals surface area contributed by atoms with Gasteiger partial charge in [-0.3, -0.25) is 24.9 Å². The predicted molar refractivity (Wildman–Crippen MR) is 153 cm³/mol. The third-order valence-electron chi connectivity index (χ3n) is 7.06. The van der Waals surface area contributed by atoms with Gasteiger partial charge in [-0.2, -0.15) is 13.2 Å². The number of guanidine groups is 1. The number of likely N-dealkylation sites (N-methyl/N-ethyl adjacent to an activating group) is 1. The van der Waals surface area contributed by atoms with Gasteiger partial charge in [-0.1, -0.05) is 24.3 Å². The highest BCUT2D eigenvalue weighted by Crippen LogP contribution is 2.36. The average Bonchev–Trinajstić information content (AvgIpc) is 3.27. The van der Waals surface area contributed by atoms with Gasteiger partial charge in [0.05, 0.1) is 34.4 Å². The third-order valence-corrected chi connectivity index (χ3v) is 7.87. The lowest BCUT2D eigenvalue weighted by molar-refractivity contribution is -0.137. The molecule has 0 unspecified atom stereocenters. The molecule has 1 aromatic carbocycles. The molecule has 1 aromatic heterocycles. The zero-order valence-electron chi connectivity index (χ0n) is 22.3. The lowest BCUT2D eigenvalue weighted by atomic mass is 9.87. The number of alkyl halides is 3. The number of imide groups is 1. The van der Waals surface area contributed by atoms with Crippen LogP contribution in [0.15, 0.2) is 75.2 Å². The Morgan fingerprint density at radius 3 is 2.59 bits per heavy atom. The molecule has 0 radical (unpaired) electrons. The summed E-state index contributed by atoms with van der Waals surface area (Å²) in [5.41, 5.74) is 0.971. The van der Waals surface area contributed by atoms with E-state index in [9.17, 15) is 22.8 Å². The number of allylic oxidation sites excluding steroid dienone is 1. The van der Waals surface area contributed by atoms with Crippen LogP contribution in [0.5, 0.6) is 0 Å². The largest absolute Gasteiger partial charge is 0.417 e. The topological polar surface area (TPSA) is 99.1 Å². The molecule has 3 aliphatic rings. The number of carbonyl (C=O) groups excluding carboxylic acids is 2. The fraction of sp³-hybridized carbons (Fsp3) is 0.345. The molecular weight excluding hydrogens is 553 g/mol. The van der Waals surface area contributed by atoms with Crippen LogP contribution >= 0.6 is 11.8 Å². The van der Waals surface area contributed by atoms with Gasteiger partial charge in [0.25, 0.3) is 11.1 Å². The number of benzene rings is 1. The van der Waals surface area contributed by atoms with E-state index in [0.717, 1.165) is 55.2 Å². The summed E-state index contributed by atoms with van der Waals surface area (Å²) in [4.78, 5) is 39.5. The Labute approximate surface area is 239 Å².